The zero-order valence-corrected chi connectivity index (χ0v) is 9.82. The molecule has 0 unspecified atom stereocenters. The van der Waals surface area contributed by atoms with Gasteiger partial charge in [0.1, 0.15) is 5.82 Å². The summed E-state index contributed by atoms with van der Waals surface area (Å²) in [4.78, 5) is 14.8. The second-order valence-electron chi connectivity index (χ2n) is 3.80. The number of hydrogen-bond donors (Lipinski definition) is 2. The molecule has 0 saturated carbocycles. The third-order valence-electron chi connectivity index (χ3n) is 2.80. The highest BCUT2D eigenvalue weighted by Crippen LogP contribution is 2.29. The first-order chi connectivity index (χ1) is 7.66. The second-order valence-corrected chi connectivity index (χ2v) is 4.65. The number of amides is 1. The topological polar surface area (TPSA) is 44.9 Å². The van der Waals surface area contributed by atoms with Gasteiger partial charge in [-0.3, -0.25) is 4.79 Å². The molecule has 0 spiro atoms. The van der Waals surface area contributed by atoms with Gasteiger partial charge in [0.25, 0.3) is 5.91 Å². The first-order valence-corrected chi connectivity index (χ1v) is 5.74. The largest absolute Gasteiger partial charge is 0.358 e. The van der Waals surface area contributed by atoms with E-state index in [4.69, 9.17) is 0 Å². The Labute approximate surface area is 99.2 Å². The van der Waals surface area contributed by atoms with Crippen LogP contribution in [-0.2, 0) is 6.42 Å². The van der Waals surface area contributed by atoms with Crippen molar-refractivity contribution in [1.82, 2.24) is 10.3 Å². The minimum absolute atomic E-state index is 0.130. The molecule has 0 fully saturated rings. The van der Waals surface area contributed by atoms with E-state index in [1.165, 1.54) is 6.07 Å². The van der Waals surface area contributed by atoms with Crippen LogP contribution in [0.3, 0.4) is 0 Å². The van der Waals surface area contributed by atoms with Gasteiger partial charge in [-0.25, -0.2) is 4.39 Å². The zero-order valence-electron chi connectivity index (χ0n) is 8.23. The molecule has 2 heterocycles. The number of halogens is 2. The van der Waals surface area contributed by atoms with Crippen molar-refractivity contribution >= 4 is 32.7 Å². The van der Waals surface area contributed by atoms with Crippen molar-refractivity contribution in [3.05, 3.63) is 33.7 Å². The molecule has 3 nitrogen and oxygen atoms in total. The molecule has 1 amide bonds. The van der Waals surface area contributed by atoms with E-state index in [1.54, 1.807) is 6.07 Å². The van der Waals surface area contributed by atoms with E-state index in [-0.39, 0.29) is 11.7 Å². The molecule has 1 aliphatic heterocycles. The molecule has 0 radical (unpaired) electrons. The number of rotatable bonds is 0. The molecule has 5 heteroatoms. The first kappa shape index (κ1) is 9.84. The Hall–Kier alpha value is -1.36. The highest BCUT2D eigenvalue weighted by Gasteiger charge is 2.22. The van der Waals surface area contributed by atoms with Crippen molar-refractivity contribution in [3.63, 3.8) is 0 Å². The summed E-state index contributed by atoms with van der Waals surface area (Å²) >= 11 is 3.13. The predicted molar refractivity (Wildman–Crippen MR) is 62.0 cm³/mol. The Morgan fingerprint density at radius 3 is 3.00 bits per heavy atom. The van der Waals surface area contributed by atoms with Gasteiger partial charge in [-0.15, -0.1) is 0 Å². The Balaban J connectivity index is 2.38. The number of hydrogen-bond acceptors (Lipinski definition) is 1. The summed E-state index contributed by atoms with van der Waals surface area (Å²) < 4.78 is 13.8. The van der Waals surface area contributed by atoms with Crippen LogP contribution in [-0.4, -0.2) is 17.4 Å². The van der Waals surface area contributed by atoms with Crippen LogP contribution in [0.1, 0.15) is 16.1 Å². The second kappa shape index (κ2) is 3.31. The molecular formula is C11H8BrFN2O. The van der Waals surface area contributed by atoms with E-state index in [0.29, 0.717) is 22.0 Å². The van der Waals surface area contributed by atoms with E-state index in [2.05, 4.69) is 26.2 Å². The number of fused-ring (bicyclic) bond motifs is 3. The van der Waals surface area contributed by atoms with Crippen LogP contribution in [0.2, 0.25) is 0 Å². The van der Waals surface area contributed by atoms with E-state index >= 15 is 0 Å². The van der Waals surface area contributed by atoms with Crippen LogP contribution in [0, 0.1) is 5.82 Å². The Kier molecular flexibility index (Phi) is 2.04. The van der Waals surface area contributed by atoms with Gasteiger partial charge in [-0.05, 0) is 28.1 Å². The number of carbonyl (C=O) groups excluding carboxylic acids is 1. The first-order valence-electron chi connectivity index (χ1n) is 4.94. The molecule has 0 bridgehead atoms. The Morgan fingerprint density at radius 2 is 2.19 bits per heavy atom. The maximum absolute atomic E-state index is 13.4. The highest BCUT2D eigenvalue weighted by molar-refractivity contribution is 9.10. The van der Waals surface area contributed by atoms with Crippen molar-refractivity contribution in [2.45, 2.75) is 6.42 Å². The molecule has 2 N–H and O–H groups in total. The van der Waals surface area contributed by atoms with Crippen molar-refractivity contribution in [1.29, 1.82) is 0 Å². The van der Waals surface area contributed by atoms with Gasteiger partial charge in [0.05, 0.1) is 10.0 Å². The molecule has 2 aromatic rings. The smallest absolute Gasteiger partial charge is 0.253 e. The van der Waals surface area contributed by atoms with Crippen LogP contribution in [0.25, 0.3) is 10.9 Å². The average molecular weight is 283 g/mol. The lowest BCUT2D eigenvalue weighted by Crippen LogP contribution is -2.31. The van der Waals surface area contributed by atoms with Crippen molar-refractivity contribution in [2.75, 3.05) is 6.54 Å². The van der Waals surface area contributed by atoms with Crippen molar-refractivity contribution in [2.24, 2.45) is 0 Å². The van der Waals surface area contributed by atoms with Gasteiger partial charge in [0, 0.05) is 29.6 Å². The third-order valence-corrected chi connectivity index (χ3v) is 3.41. The SMILES string of the molecule is O=C1NCCc2[nH]c3cc(Br)c(F)cc3c21. The quantitative estimate of drug-likeness (QED) is 0.766. The Morgan fingerprint density at radius 1 is 1.38 bits per heavy atom. The molecule has 1 aromatic carbocycles. The van der Waals surface area contributed by atoms with Gasteiger partial charge in [-0.1, -0.05) is 0 Å². The maximum atomic E-state index is 13.4. The molecule has 1 aliphatic rings. The fourth-order valence-electron chi connectivity index (χ4n) is 2.08. The summed E-state index contributed by atoms with van der Waals surface area (Å²) in [5.41, 5.74) is 2.25. The molecule has 0 aliphatic carbocycles. The summed E-state index contributed by atoms with van der Waals surface area (Å²) in [7, 11) is 0. The fourth-order valence-corrected chi connectivity index (χ4v) is 2.42. The standard InChI is InChI=1S/C11H8BrFN2O/c12-6-4-9-5(3-7(6)13)10-8(15-9)1-2-14-11(10)16/h3-4,15H,1-2H2,(H,14,16). The number of carbonyl (C=O) groups is 1. The molecule has 0 atom stereocenters. The summed E-state index contributed by atoms with van der Waals surface area (Å²) in [5, 5.41) is 3.40. The molecule has 1 aromatic heterocycles. The van der Waals surface area contributed by atoms with Crippen LogP contribution >= 0.6 is 15.9 Å². The van der Waals surface area contributed by atoms with E-state index in [0.717, 1.165) is 17.6 Å². The van der Waals surface area contributed by atoms with Gasteiger partial charge in [0.2, 0.25) is 0 Å². The monoisotopic (exact) mass is 282 g/mol. The summed E-state index contributed by atoms with van der Waals surface area (Å²) in [6.45, 7) is 0.627. The molecule has 3 rings (SSSR count). The molecular weight excluding hydrogens is 275 g/mol. The Bertz CT molecular complexity index is 606. The minimum atomic E-state index is -0.354. The number of nitrogens with one attached hydrogen (secondary N) is 2. The fraction of sp³-hybridized carbons (Fsp3) is 0.182. The third kappa shape index (κ3) is 1.28. The highest BCUT2D eigenvalue weighted by atomic mass is 79.9. The summed E-state index contributed by atoms with van der Waals surface area (Å²) in [6, 6.07) is 3.05. The van der Waals surface area contributed by atoms with Crippen LogP contribution in [0.4, 0.5) is 4.39 Å². The number of aromatic nitrogens is 1. The maximum Gasteiger partial charge on any atom is 0.253 e. The lowest BCUT2D eigenvalue weighted by molar-refractivity contribution is 0.0947. The van der Waals surface area contributed by atoms with Crippen LogP contribution < -0.4 is 5.32 Å². The molecule has 82 valence electrons. The van der Waals surface area contributed by atoms with Crippen molar-refractivity contribution in [3.8, 4) is 0 Å². The normalized spacial score (nSPS) is 15.0. The molecule has 16 heavy (non-hydrogen) atoms. The zero-order chi connectivity index (χ0) is 11.3. The van der Waals surface area contributed by atoms with Gasteiger partial charge in [-0.2, -0.15) is 0 Å². The summed E-state index contributed by atoms with van der Waals surface area (Å²) in [5.74, 6) is -0.484. The molecule has 0 saturated heterocycles. The average Bonchev–Trinajstić information content (AvgIpc) is 2.58. The van der Waals surface area contributed by atoms with E-state index < -0.39 is 0 Å². The minimum Gasteiger partial charge on any atom is -0.358 e. The van der Waals surface area contributed by atoms with Crippen molar-refractivity contribution < 1.29 is 9.18 Å². The number of benzene rings is 1. The van der Waals surface area contributed by atoms with E-state index in [1.807, 2.05) is 0 Å². The van der Waals surface area contributed by atoms with Crippen LogP contribution in [0.5, 0.6) is 0 Å². The summed E-state index contributed by atoms with van der Waals surface area (Å²) in [6.07, 6.45) is 0.759. The van der Waals surface area contributed by atoms with Crippen LogP contribution in [0.15, 0.2) is 16.6 Å². The number of aromatic amines is 1. The van der Waals surface area contributed by atoms with Gasteiger partial charge < -0.3 is 10.3 Å². The van der Waals surface area contributed by atoms with Gasteiger partial charge >= 0.3 is 0 Å². The van der Waals surface area contributed by atoms with E-state index in [9.17, 15) is 9.18 Å². The number of H-pyrrole nitrogens is 1. The predicted octanol–water partition coefficient (Wildman–Crippen LogP) is 2.36. The lowest BCUT2D eigenvalue weighted by atomic mass is 10.1. The lowest BCUT2D eigenvalue weighted by Gasteiger charge is -2.11. The van der Waals surface area contributed by atoms with Gasteiger partial charge in [0.15, 0.2) is 0 Å².